The van der Waals surface area contributed by atoms with E-state index < -0.39 is 0 Å². The Bertz CT molecular complexity index is 525. The molecule has 1 N–H and O–H groups in total. The Morgan fingerprint density at radius 3 is 2.20 bits per heavy atom. The Labute approximate surface area is 120 Å². The number of rotatable bonds is 6. The highest BCUT2D eigenvalue weighted by atomic mass is 16.2. The van der Waals surface area contributed by atoms with Crippen molar-refractivity contribution in [1.82, 2.24) is 5.32 Å². The molecule has 2 aromatic carbocycles. The summed E-state index contributed by atoms with van der Waals surface area (Å²) in [5, 5.41) is 3.02. The fraction of sp³-hybridized carbons (Fsp3) is 0.235. The molecular formula is C17H20N2O. The number of hydrogen-bond donors (Lipinski definition) is 1. The van der Waals surface area contributed by atoms with Gasteiger partial charge in [-0.2, -0.15) is 0 Å². The van der Waals surface area contributed by atoms with Crippen LogP contribution in [0.2, 0.25) is 0 Å². The Morgan fingerprint density at radius 2 is 1.60 bits per heavy atom. The van der Waals surface area contributed by atoms with E-state index in [9.17, 15) is 4.79 Å². The lowest BCUT2D eigenvalue weighted by Crippen LogP contribution is -2.32. The SMILES string of the molecule is CNCCC(=O)N(Cc1ccccc1)c1ccccc1. The third-order valence-corrected chi connectivity index (χ3v) is 3.14. The fourth-order valence-corrected chi connectivity index (χ4v) is 2.06. The number of anilines is 1. The molecule has 3 nitrogen and oxygen atoms in total. The second-order valence-electron chi connectivity index (χ2n) is 4.65. The minimum absolute atomic E-state index is 0.134. The third-order valence-electron chi connectivity index (χ3n) is 3.14. The van der Waals surface area contributed by atoms with E-state index in [2.05, 4.69) is 5.32 Å². The minimum atomic E-state index is 0.134. The Balaban J connectivity index is 2.18. The molecule has 0 heterocycles. The smallest absolute Gasteiger partial charge is 0.228 e. The molecule has 0 saturated heterocycles. The summed E-state index contributed by atoms with van der Waals surface area (Å²) in [5.74, 6) is 0.134. The van der Waals surface area contributed by atoms with Crippen LogP contribution < -0.4 is 10.2 Å². The summed E-state index contributed by atoms with van der Waals surface area (Å²) in [4.78, 5) is 14.2. The maximum absolute atomic E-state index is 12.4. The maximum Gasteiger partial charge on any atom is 0.228 e. The van der Waals surface area contributed by atoms with Crippen LogP contribution in [0.1, 0.15) is 12.0 Å². The van der Waals surface area contributed by atoms with Crippen LogP contribution in [0.3, 0.4) is 0 Å². The van der Waals surface area contributed by atoms with E-state index in [-0.39, 0.29) is 5.91 Å². The highest BCUT2D eigenvalue weighted by molar-refractivity contribution is 5.93. The van der Waals surface area contributed by atoms with Crippen molar-refractivity contribution in [2.24, 2.45) is 0 Å². The van der Waals surface area contributed by atoms with E-state index in [1.807, 2.05) is 72.6 Å². The fourth-order valence-electron chi connectivity index (χ4n) is 2.06. The first-order valence-electron chi connectivity index (χ1n) is 6.85. The average Bonchev–Trinajstić information content (AvgIpc) is 2.52. The highest BCUT2D eigenvalue weighted by Gasteiger charge is 2.15. The molecule has 0 fully saturated rings. The van der Waals surface area contributed by atoms with Crippen molar-refractivity contribution in [2.75, 3.05) is 18.5 Å². The number of amides is 1. The van der Waals surface area contributed by atoms with Gasteiger partial charge in [-0.15, -0.1) is 0 Å². The molecule has 0 bridgehead atoms. The van der Waals surface area contributed by atoms with Gasteiger partial charge in [0, 0.05) is 18.7 Å². The largest absolute Gasteiger partial charge is 0.319 e. The van der Waals surface area contributed by atoms with E-state index in [1.165, 1.54) is 0 Å². The number of nitrogens with zero attached hydrogens (tertiary/aromatic N) is 1. The van der Waals surface area contributed by atoms with Crippen molar-refractivity contribution >= 4 is 11.6 Å². The molecule has 1 amide bonds. The van der Waals surface area contributed by atoms with Gasteiger partial charge in [-0.3, -0.25) is 4.79 Å². The van der Waals surface area contributed by atoms with Gasteiger partial charge in [-0.1, -0.05) is 48.5 Å². The summed E-state index contributed by atoms with van der Waals surface area (Å²) < 4.78 is 0. The van der Waals surface area contributed by atoms with Crippen molar-refractivity contribution < 1.29 is 4.79 Å². The molecule has 0 aromatic heterocycles. The van der Waals surface area contributed by atoms with Gasteiger partial charge >= 0.3 is 0 Å². The van der Waals surface area contributed by atoms with Gasteiger partial charge in [0.05, 0.1) is 6.54 Å². The number of carbonyl (C=O) groups excluding carboxylic acids is 1. The van der Waals surface area contributed by atoms with Crippen LogP contribution in [0.15, 0.2) is 60.7 Å². The van der Waals surface area contributed by atoms with Crippen molar-refractivity contribution in [3.05, 3.63) is 66.2 Å². The zero-order chi connectivity index (χ0) is 14.2. The Kier molecular flexibility index (Phi) is 5.33. The van der Waals surface area contributed by atoms with E-state index in [0.717, 1.165) is 11.3 Å². The molecular weight excluding hydrogens is 248 g/mol. The molecule has 20 heavy (non-hydrogen) atoms. The zero-order valence-corrected chi connectivity index (χ0v) is 11.8. The normalized spacial score (nSPS) is 10.2. The first kappa shape index (κ1) is 14.3. The lowest BCUT2D eigenvalue weighted by molar-refractivity contribution is -0.118. The van der Waals surface area contributed by atoms with Crippen LogP contribution >= 0.6 is 0 Å². The quantitative estimate of drug-likeness (QED) is 0.873. The Morgan fingerprint density at radius 1 is 1.00 bits per heavy atom. The Hall–Kier alpha value is -2.13. The molecule has 0 radical (unpaired) electrons. The number of benzene rings is 2. The van der Waals surface area contributed by atoms with E-state index >= 15 is 0 Å². The second-order valence-corrected chi connectivity index (χ2v) is 4.65. The first-order chi connectivity index (χ1) is 9.81. The topological polar surface area (TPSA) is 32.3 Å². The maximum atomic E-state index is 12.4. The summed E-state index contributed by atoms with van der Waals surface area (Å²) >= 11 is 0. The number of nitrogens with one attached hydrogen (secondary N) is 1. The van der Waals surface area contributed by atoms with Crippen molar-refractivity contribution in [3.63, 3.8) is 0 Å². The number of carbonyl (C=O) groups is 1. The summed E-state index contributed by atoms with van der Waals surface area (Å²) in [6.45, 7) is 1.30. The standard InChI is InChI=1S/C17H20N2O/c1-18-13-12-17(20)19(16-10-6-3-7-11-16)14-15-8-4-2-5-9-15/h2-11,18H,12-14H2,1H3. The average molecular weight is 268 g/mol. The lowest BCUT2D eigenvalue weighted by atomic mass is 10.2. The van der Waals surface area contributed by atoms with Crippen LogP contribution in [0.4, 0.5) is 5.69 Å². The first-order valence-corrected chi connectivity index (χ1v) is 6.85. The van der Waals surface area contributed by atoms with Crippen LogP contribution in [-0.4, -0.2) is 19.5 Å². The summed E-state index contributed by atoms with van der Waals surface area (Å²) in [6.07, 6.45) is 0.498. The molecule has 0 unspecified atom stereocenters. The van der Waals surface area contributed by atoms with Gasteiger partial charge in [-0.25, -0.2) is 0 Å². The zero-order valence-electron chi connectivity index (χ0n) is 11.8. The highest BCUT2D eigenvalue weighted by Crippen LogP contribution is 2.17. The molecule has 104 valence electrons. The number of hydrogen-bond acceptors (Lipinski definition) is 2. The third kappa shape index (κ3) is 3.93. The van der Waals surface area contributed by atoms with E-state index in [0.29, 0.717) is 19.5 Å². The molecule has 0 spiro atoms. The molecule has 0 aliphatic rings. The summed E-state index contributed by atoms with van der Waals surface area (Å²) in [7, 11) is 1.86. The van der Waals surface area contributed by atoms with Crippen molar-refractivity contribution in [3.8, 4) is 0 Å². The predicted octanol–water partition coefficient (Wildman–Crippen LogP) is 2.83. The molecule has 0 aliphatic carbocycles. The number of para-hydroxylation sites is 1. The van der Waals surface area contributed by atoms with Gasteiger partial charge in [0.1, 0.15) is 0 Å². The van der Waals surface area contributed by atoms with Gasteiger partial charge in [0.15, 0.2) is 0 Å². The van der Waals surface area contributed by atoms with Gasteiger partial charge in [0.25, 0.3) is 0 Å². The van der Waals surface area contributed by atoms with E-state index in [4.69, 9.17) is 0 Å². The summed E-state index contributed by atoms with van der Waals surface area (Å²) in [6, 6.07) is 19.9. The van der Waals surface area contributed by atoms with Crippen LogP contribution in [0, 0.1) is 0 Å². The molecule has 0 aliphatic heterocycles. The molecule has 2 rings (SSSR count). The molecule has 3 heteroatoms. The van der Waals surface area contributed by atoms with Crippen LogP contribution in [0.25, 0.3) is 0 Å². The minimum Gasteiger partial charge on any atom is -0.319 e. The molecule has 2 aromatic rings. The van der Waals surface area contributed by atoms with Crippen LogP contribution in [-0.2, 0) is 11.3 Å². The predicted molar refractivity (Wildman–Crippen MR) is 82.6 cm³/mol. The van der Waals surface area contributed by atoms with E-state index in [1.54, 1.807) is 0 Å². The second kappa shape index (κ2) is 7.46. The van der Waals surface area contributed by atoms with Crippen molar-refractivity contribution in [2.45, 2.75) is 13.0 Å². The monoisotopic (exact) mass is 268 g/mol. The summed E-state index contributed by atoms with van der Waals surface area (Å²) in [5.41, 5.74) is 2.08. The van der Waals surface area contributed by atoms with Gasteiger partial charge < -0.3 is 10.2 Å². The van der Waals surface area contributed by atoms with Gasteiger partial charge in [-0.05, 0) is 24.7 Å². The molecule has 0 atom stereocenters. The van der Waals surface area contributed by atoms with Gasteiger partial charge in [0.2, 0.25) is 5.91 Å². The van der Waals surface area contributed by atoms with Crippen molar-refractivity contribution in [1.29, 1.82) is 0 Å². The lowest BCUT2D eigenvalue weighted by Gasteiger charge is -2.23. The van der Waals surface area contributed by atoms with Crippen LogP contribution in [0.5, 0.6) is 0 Å². The molecule has 0 saturated carbocycles.